The highest BCUT2D eigenvalue weighted by Crippen LogP contribution is 2.31. The number of ether oxygens (including phenoxy) is 2. The number of hydrogen-bond donors (Lipinski definition) is 2. The number of carbonyl (C=O) groups excluding carboxylic acids is 2. The molecule has 0 atom stereocenters. The number of hydrogen-bond acceptors (Lipinski definition) is 5. The van der Waals surface area contributed by atoms with Gasteiger partial charge in [0.1, 0.15) is 12.2 Å². The Bertz CT molecular complexity index is 1000. The van der Waals surface area contributed by atoms with Gasteiger partial charge in [-0.3, -0.25) is 20.2 Å². The fourth-order valence-corrected chi connectivity index (χ4v) is 3.07. The largest absolute Gasteiger partial charge is 0.490 e. The van der Waals surface area contributed by atoms with Gasteiger partial charge in [0.2, 0.25) is 0 Å². The van der Waals surface area contributed by atoms with Crippen molar-refractivity contribution in [3.05, 3.63) is 63.1 Å². The van der Waals surface area contributed by atoms with Crippen LogP contribution in [0, 0.1) is 0 Å². The van der Waals surface area contributed by atoms with Crippen molar-refractivity contribution in [1.29, 1.82) is 0 Å². The van der Waals surface area contributed by atoms with Crippen LogP contribution >= 0.6 is 35.4 Å². The standard InChI is InChI=1S/C20H16Cl2N2O4S/c1-2-27-17-9-11(7-13-18(25)23-20(29)24-19(13)26)4-6-16(17)28-10-12-3-5-14(21)15(22)8-12/h3-9H,2,10H2,1H3,(H2,23,24,25,26,29). The first-order chi connectivity index (χ1) is 13.9. The Morgan fingerprint density at radius 1 is 0.966 bits per heavy atom. The topological polar surface area (TPSA) is 76.7 Å². The molecule has 0 aliphatic carbocycles. The molecule has 0 saturated carbocycles. The molecule has 1 aliphatic rings. The Balaban J connectivity index is 1.82. The predicted octanol–water partition coefficient (Wildman–Crippen LogP) is 3.89. The van der Waals surface area contributed by atoms with Crippen molar-refractivity contribution >= 4 is 58.4 Å². The normalized spacial score (nSPS) is 13.6. The number of nitrogens with one attached hydrogen (secondary N) is 2. The van der Waals surface area contributed by atoms with E-state index in [0.717, 1.165) is 5.56 Å². The van der Waals surface area contributed by atoms with E-state index in [1.165, 1.54) is 6.08 Å². The van der Waals surface area contributed by atoms with Gasteiger partial charge in [-0.1, -0.05) is 35.3 Å². The maximum Gasteiger partial charge on any atom is 0.263 e. The molecule has 2 aromatic carbocycles. The van der Waals surface area contributed by atoms with Crippen LogP contribution in [0.2, 0.25) is 10.0 Å². The van der Waals surface area contributed by atoms with Crippen LogP contribution in [0.25, 0.3) is 6.08 Å². The SMILES string of the molecule is CCOc1cc(C=C2C(=O)NC(=S)NC2=O)ccc1OCc1ccc(Cl)c(Cl)c1. The third-order valence-corrected chi connectivity index (χ3v) is 4.84. The zero-order chi connectivity index (χ0) is 21.0. The zero-order valence-electron chi connectivity index (χ0n) is 15.3. The molecule has 9 heteroatoms. The molecule has 1 aliphatic heterocycles. The van der Waals surface area contributed by atoms with Gasteiger partial charge >= 0.3 is 0 Å². The van der Waals surface area contributed by atoms with E-state index in [1.54, 1.807) is 30.3 Å². The number of thiocarbonyl (C=S) groups is 1. The second-order valence-electron chi connectivity index (χ2n) is 5.97. The van der Waals surface area contributed by atoms with Gasteiger partial charge in [0.05, 0.1) is 16.7 Å². The van der Waals surface area contributed by atoms with E-state index in [9.17, 15) is 9.59 Å². The minimum atomic E-state index is -0.559. The van der Waals surface area contributed by atoms with Crippen molar-refractivity contribution in [2.45, 2.75) is 13.5 Å². The van der Waals surface area contributed by atoms with E-state index in [-0.39, 0.29) is 17.3 Å². The third-order valence-electron chi connectivity index (χ3n) is 3.90. The van der Waals surface area contributed by atoms with Crippen LogP contribution in [0.5, 0.6) is 11.5 Å². The summed E-state index contributed by atoms with van der Waals surface area (Å²) in [6, 6.07) is 10.4. The molecule has 29 heavy (non-hydrogen) atoms. The number of halogens is 2. The van der Waals surface area contributed by atoms with E-state index >= 15 is 0 Å². The highest BCUT2D eigenvalue weighted by molar-refractivity contribution is 7.80. The molecule has 1 heterocycles. The quantitative estimate of drug-likeness (QED) is 0.396. The van der Waals surface area contributed by atoms with Crippen molar-refractivity contribution in [3.8, 4) is 11.5 Å². The zero-order valence-corrected chi connectivity index (χ0v) is 17.6. The Morgan fingerprint density at radius 2 is 1.69 bits per heavy atom. The second kappa shape index (κ2) is 9.26. The van der Waals surface area contributed by atoms with Crippen LogP contribution in [0.4, 0.5) is 0 Å². The van der Waals surface area contributed by atoms with Gasteiger partial charge in [0, 0.05) is 0 Å². The first-order valence-electron chi connectivity index (χ1n) is 8.59. The summed E-state index contributed by atoms with van der Waals surface area (Å²) < 4.78 is 11.5. The lowest BCUT2D eigenvalue weighted by Gasteiger charge is -2.17. The van der Waals surface area contributed by atoms with E-state index < -0.39 is 11.8 Å². The van der Waals surface area contributed by atoms with Gasteiger partial charge < -0.3 is 9.47 Å². The third kappa shape index (κ3) is 5.26. The summed E-state index contributed by atoms with van der Waals surface area (Å²) in [7, 11) is 0. The smallest absolute Gasteiger partial charge is 0.263 e. The van der Waals surface area contributed by atoms with Crippen molar-refractivity contribution in [2.24, 2.45) is 0 Å². The van der Waals surface area contributed by atoms with Crippen LogP contribution < -0.4 is 20.1 Å². The lowest BCUT2D eigenvalue weighted by Crippen LogP contribution is -2.51. The van der Waals surface area contributed by atoms with Crippen LogP contribution in [0.3, 0.4) is 0 Å². The van der Waals surface area contributed by atoms with Crippen molar-refractivity contribution in [3.63, 3.8) is 0 Å². The van der Waals surface area contributed by atoms with E-state index in [0.29, 0.717) is 33.7 Å². The Labute approximate surface area is 182 Å². The highest BCUT2D eigenvalue weighted by atomic mass is 35.5. The van der Waals surface area contributed by atoms with Crippen molar-refractivity contribution < 1.29 is 19.1 Å². The first-order valence-corrected chi connectivity index (χ1v) is 9.75. The molecule has 3 rings (SSSR count). The van der Waals surface area contributed by atoms with E-state index in [2.05, 4.69) is 10.6 Å². The molecule has 0 radical (unpaired) electrons. The van der Waals surface area contributed by atoms with Crippen LogP contribution in [-0.4, -0.2) is 23.5 Å². The molecular formula is C20H16Cl2N2O4S. The first kappa shape index (κ1) is 21.1. The summed E-state index contributed by atoms with van der Waals surface area (Å²) in [4.78, 5) is 24.0. The number of rotatable bonds is 6. The Kier molecular flexibility index (Phi) is 6.74. The monoisotopic (exact) mass is 450 g/mol. The van der Waals surface area contributed by atoms with Crippen molar-refractivity contribution in [2.75, 3.05) is 6.61 Å². The average molecular weight is 451 g/mol. The highest BCUT2D eigenvalue weighted by Gasteiger charge is 2.25. The fraction of sp³-hybridized carbons (Fsp3) is 0.150. The molecule has 2 N–H and O–H groups in total. The summed E-state index contributed by atoms with van der Waals surface area (Å²) in [5, 5.41) is 5.69. The molecule has 0 unspecified atom stereocenters. The van der Waals surface area contributed by atoms with Gasteiger partial charge in [0.15, 0.2) is 16.6 Å². The molecular weight excluding hydrogens is 435 g/mol. The number of benzene rings is 2. The molecule has 2 amide bonds. The van der Waals surface area contributed by atoms with Gasteiger partial charge in [-0.2, -0.15) is 0 Å². The van der Waals surface area contributed by atoms with Crippen LogP contribution in [0.15, 0.2) is 42.0 Å². The summed E-state index contributed by atoms with van der Waals surface area (Å²) >= 11 is 16.7. The molecule has 0 spiro atoms. The summed E-state index contributed by atoms with van der Waals surface area (Å²) in [6.07, 6.45) is 1.46. The number of carbonyl (C=O) groups is 2. The minimum Gasteiger partial charge on any atom is -0.490 e. The van der Waals surface area contributed by atoms with Crippen LogP contribution in [0.1, 0.15) is 18.1 Å². The van der Waals surface area contributed by atoms with E-state index in [4.69, 9.17) is 44.9 Å². The predicted molar refractivity (Wildman–Crippen MR) is 115 cm³/mol. The lowest BCUT2D eigenvalue weighted by atomic mass is 10.1. The fourth-order valence-electron chi connectivity index (χ4n) is 2.57. The summed E-state index contributed by atoms with van der Waals surface area (Å²) in [5.74, 6) is -0.124. The van der Waals surface area contributed by atoms with Crippen LogP contribution in [-0.2, 0) is 16.2 Å². The number of amides is 2. The molecule has 1 saturated heterocycles. The maximum atomic E-state index is 12.0. The maximum absolute atomic E-state index is 12.0. The molecule has 2 aromatic rings. The molecule has 150 valence electrons. The second-order valence-corrected chi connectivity index (χ2v) is 7.19. The Morgan fingerprint density at radius 3 is 2.34 bits per heavy atom. The molecule has 0 bridgehead atoms. The van der Waals surface area contributed by atoms with Gasteiger partial charge in [-0.15, -0.1) is 0 Å². The van der Waals surface area contributed by atoms with Gasteiger partial charge in [-0.05, 0) is 60.6 Å². The average Bonchev–Trinajstić information content (AvgIpc) is 2.67. The summed E-state index contributed by atoms with van der Waals surface area (Å²) in [6.45, 7) is 2.52. The van der Waals surface area contributed by atoms with Gasteiger partial charge in [-0.25, -0.2) is 0 Å². The molecule has 1 fully saturated rings. The molecule has 0 aromatic heterocycles. The van der Waals surface area contributed by atoms with Crippen molar-refractivity contribution in [1.82, 2.24) is 10.6 Å². The van der Waals surface area contributed by atoms with Gasteiger partial charge in [0.25, 0.3) is 11.8 Å². The summed E-state index contributed by atoms with van der Waals surface area (Å²) in [5.41, 5.74) is 1.40. The minimum absolute atomic E-state index is 0.0155. The molecule has 6 nitrogen and oxygen atoms in total. The van der Waals surface area contributed by atoms with E-state index in [1.807, 2.05) is 13.0 Å². The Hall–Kier alpha value is -2.61. The lowest BCUT2D eigenvalue weighted by molar-refractivity contribution is -0.123.